The number of fused-ring (bicyclic) bond motifs is 3. The number of anilines is 1. The molecule has 0 aliphatic heterocycles. The van der Waals surface area contributed by atoms with Gasteiger partial charge in [-0.1, -0.05) is 50.5 Å². The van der Waals surface area contributed by atoms with E-state index in [0.29, 0.717) is 45.2 Å². The molecule has 0 spiro atoms. The van der Waals surface area contributed by atoms with E-state index in [1.807, 2.05) is 32.0 Å². The van der Waals surface area contributed by atoms with Crippen molar-refractivity contribution >= 4 is 57.3 Å². The number of terminal acetylenes is 1. The van der Waals surface area contributed by atoms with E-state index in [9.17, 15) is 4.79 Å². The Kier molecular flexibility index (Phi) is 7.65. The molecule has 0 bridgehead atoms. The minimum Gasteiger partial charge on any atom is -0.405 e. The summed E-state index contributed by atoms with van der Waals surface area (Å²) in [6.45, 7) is 11.6. The van der Waals surface area contributed by atoms with Crippen molar-refractivity contribution in [1.29, 1.82) is 0 Å². The van der Waals surface area contributed by atoms with Crippen molar-refractivity contribution < 1.29 is 8.81 Å². The first-order valence-corrected chi connectivity index (χ1v) is 12.8. The Morgan fingerprint density at radius 3 is 2.66 bits per heavy atom. The summed E-state index contributed by atoms with van der Waals surface area (Å²) in [5, 5.41) is 3.91. The number of nitrogens with zero attached hydrogens (tertiary/aromatic N) is 1. The van der Waals surface area contributed by atoms with Gasteiger partial charge in [-0.2, -0.15) is 0 Å². The van der Waals surface area contributed by atoms with Crippen LogP contribution in [0.15, 0.2) is 69.8 Å². The number of allylic oxidation sites excluding steroid dienone is 3. The number of nitrogen functional groups attached to an aromatic ring is 1. The Balaban J connectivity index is 2.16. The molecule has 4 rings (SSSR count). The van der Waals surface area contributed by atoms with Crippen molar-refractivity contribution in [3.8, 4) is 11.7 Å². The first kappa shape index (κ1) is 26.6. The maximum Gasteiger partial charge on any atom is 0.362 e. The lowest BCUT2D eigenvalue weighted by molar-refractivity contribution is 0.535. The minimum absolute atomic E-state index is 0.0176. The van der Waals surface area contributed by atoms with Gasteiger partial charge in [0.05, 0.1) is 5.52 Å². The molecule has 4 N–H and O–H groups in total. The van der Waals surface area contributed by atoms with Gasteiger partial charge in [0.1, 0.15) is 11.3 Å². The maximum absolute atomic E-state index is 15.5. The van der Waals surface area contributed by atoms with Crippen LogP contribution in [0.5, 0.6) is 0 Å². The fraction of sp³-hybridized carbons (Fsp3) is 0.129. The number of nitrogens with two attached hydrogens (primary N) is 2. The van der Waals surface area contributed by atoms with Crippen molar-refractivity contribution in [2.45, 2.75) is 31.7 Å². The highest BCUT2D eigenvalue weighted by Gasteiger charge is 2.24. The molecule has 7 heteroatoms. The van der Waals surface area contributed by atoms with E-state index >= 15 is 4.39 Å². The van der Waals surface area contributed by atoms with E-state index in [0.717, 1.165) is 21.4 Å². The molecule has 4 aromatic rings. The van der Waals surface area contributed by atoms with Gasteiger partial charge in [0, 0.05) is 44.6 Å². The summed E-state index contributed by atoms with van der Waals surface area (Å²) in [6.07, 6.45) is 14.6. The predicted molar refractivity (Wildman–Crippen MR) is 159 cm³/mol. The predicted octanol–water partition coefficient (Wildman–Crippen LogP) is 6.92. The molecule has 0 saturated carbocycles. The zero-order valence-corrected chi connectivity index (χ0v) is 22.1. The normalized spacial score (nSPS) is 11.6. The van der Waals surface area contributed by atoms with Crippen LogP contribution >= 0.6 is 11.8 Å². The topological polar surface area (TPSA) is 87.2 Å². The summed E-state index contributed by atoms with van der Waals surface area (Å²) in [5.74, 6) is -0.398. The van der Waals surface area contributed by atoms with Crippen molar-refractivity contribution in [1.82, 2.24) is 4.57 Å². The van der Waals surface area contributed by atoms with Gasteiger partial charge in [-0.05, 0) is 65.8 Å². The number of hydrogen-bond acceptors (Lipinski definition) is 5. The molecule has 0 radical (unpaired) electrons. The molecule has 0 saturated heterocycles. The Morgan fingerprint density at radius 2 is 2.03 bits per heavy atom. The lowest BCUT2D eigenvalue weighted by atomic mass is 9.96. The third kappa shape index (κ3) is 4.55. The first-order chi connectivity index (χ1) is 18.3. The second-order valence-electron chi connectivity index (χ2n) is 8.65. The molecule has 0 aliphatic rings. The van der Waals surface area contributed by atoms with Gasteiger partial charge < -0.3 is 20.5 Å². The van der Waals surface area contributed by atoms with Crippen LogP contribution in [-0.4, -0.2) is 4.57 Å². The SMILES string of the molecule is C#CSc1ccc(Cn2c3cc(F)c(/C=C\C)c(CC)c3c3c(/C=C\C=C)c(N)oc(=O)c32)cc1C(=C)N. The zero-order valence-electron chi connectivity index (χ0n) is 21.3. The van der Waals surface area contributed by atoms with Gasteiger partial charge in [0.25, 0.3) is 0 Å². The second-order valence-corrected chi connectivity index (χ2v) is 9.53. The molecule has 2 aromatic heterocycles. The van der Waals surface area contributed by atoms with Gasteiger partial charge in [-0.25, -0.2) is 9.18 Å². The highest BCUT2D eigenvalue weighted by molar-refractivity contribution is 8.04. The van der Waals surface area contributed by atoms with E-state index in [1.165, 1.54) is 17.8 Å². The lowest BCUT2D eigenvalue weighted by Gasteiger charge is -2.13. The lowest BCUT2D eigenvalue weighted by Crippen LogP contribution is -2.11. The number of halogens is 1. The fourth-order valence-corrected chi connectivity index (χ4v) is 5.40. The quantitative estimate of drug-likeness (QED) is 0.148. The molecule has 0 aliphatic carbocycles. The molecule has 0 unspecified atom stereocenters. The van der Waals surface area contributed by atoms with Gasteiger partial charge in [-0.3, -0.25) is 0 Å². The summed E-state index contributed by atoms with van der Waals surface area (Å²) in [4.78, 5) is 14.1. The first-order valence-electron chi connectivity index (χ1n) is 12.0. The Hall–Kier alpha value is -4.41. The maximum atomic E-state index is 15.5. The minimum atomic E-state index is -0.609. The number of aryl methyl sites for hydroxylation is 1. The van der Waals surface area contributed by atoms with Crippen LogP contribution in [0.3, 0.4) is 0 Å². The Bertz CT molecular complexity index is 1770. The number of hydrogen-bond donors (Lipinski definition) is 2. The molecule has 2 aromatic carbocycles. The van der Waals surface area contributed by atoms with Crippen molar-refractivity contribution in [3.05, 3.63) is 99.7 Å². The third-order valence-corrected chi connectivity index (χ3v) is 7.06. The number of thioether (sulfide) groups is 1. The Labute approximate surface area is 225 Å². The molecule has 192 valence electrons. The average molecular weight is 526 g/mol. The van der Waals surface area contributed by atoms with Crippen LogP contribution in [0.4, 0.5) is 10.3 Å². The fourth-order valence-electron chi connectivity index (χ4n) is 4.84. The summed E-state index contributed by atoms with van der Waals surface area (Å²) in [7, 11) is 0. The van der Waals surface area contributed by atoms with Crippen LogP contribution in [0.2, 0.25) is 0 Å². The van der Waals surface area contributed by atoms with Gasteiger partial charge in [-0.15, -0.1) is 6.42 Å². The van der Waals surface area contributed by atoms with Crippen molar-refractivity contribution in [2.24, 2.45) is 5.73 Å². The van der Waals surface area contributed by atoms with Crippen LogP contribution in [0.1, 0.15) is 41.7 Å². The van der Waals surface area contributed by atoms with Gasteiger partial charge >= 0.3 is 5.63 Å². The molecular weight excluding hydrogens is 497 g/mol. The summed E-state index contributed by atoms with van der Waals surface area (Å²) >= 11 is 1.21. The van der Waals surface area contributed by atoms with E-state index in [4.69, 9.17) is 22.3 Å². The number of aromatic nitrogens is 1. The Morgan fingerprint density at radius 1 is 1.26 bits per heavy atom. The molecule has 0 amide bonds. The van der Waals surface area contributed by atoms with Crippen LogP contribution in [0.25, 0.3) is 39.7 Å². The summed E-state index contributed by atoms with van der Waals surface area (Å²) in [5.41, 5.74) is 16.2. The smallest absolute Gasteiger partial charge is 0.362 e. The molecule has 0 fully saturated rings. The second kappa shape index (κ2) is 10.9. The van der Waals surface area contributed by atoms with Crippen LogP contribution in [0, 0.1) is 17.5 Å². The molecule has 38 heavy (non-hydrogen) atoms. The summed E-state index contributed by atoms with van der Waals surface area (Å²) in [6, 6.07) is 7.10. The molecule has 0 atom stereocenters. The monoisotopic (exact) mass is 525 g/mol. The molecule has 5 nitrogen and oxygen atoms in total. The van der Waals surface area contributed by atoms with Gasteiger partial charge in [0.2, 0.25) is 5.88 Å². The standard InChI is InChI=1S/C31H28FN3O2S/c1-6-10-12-22-28-27-20(8-3)21(11-7-2)24(32)16-25(27)35(29(28)31(36)37-30(22)34)17-19-13-14-26(38-9-4)23(15-19)18(5)33/h4,6-7,10-16H,1,5,8,17,33-34H2,2-3H3/b11-7-,12-10-. The van der Waals surface area contributed by atoms with Crippen LogP contribution < -0.4 is 17.1 Å². The van der Waals surface area contributed by atoms with Gasteiger partial charge in [0.15, 0.2) is 0 Å². The van der Waals surface area contributed by atoms with Crippen molar-refractivity contribution in [3.63, 3.8) is 0 Å². The number of benzene rings is 2. The zero-order chi connectivity index (χ0) is 27.6. The highest BCUT2D eigenvalue weighted by Crippen LogP contribution is 2.39. The van der Waals surface area contributed by atoms with E-state index in [-0.39, 0.29) is 18.2 Å². The van der Waals surface area contributed by atoms with E-state index < -0.39 is 5.63 Å². The van der Waals surface area contributed by atoms with E-state index in [1.54, 1.807) is 34.9 Å². The molecular formula is C31H28FN3O2S. The largest absolute Gasteiger partial charge is 0.405 e. The average Bonchev–Trinajstić information content (AvgIpc) is 3.19. The highest BCUT2D eigenvalue weighted by atomic mass is 32.2. The van der Waals surface area contributed by atoms with Crippen molar-refractivity contribution in [2.75, 3.05) is 5.73 Å². The summed E-state index contributed by atoms with van der Waals surface area (Å²) < 4.78 is 22.8. The van der Waals surface area contributed by atoms with Crippen LogP contribution in [-0.2, 0) is 13.0 Å². The van der Waals surface area contributed by atoms with E-state index in [2.05, 4.69) is 18.4 Å². The number of rotatable bonds is 8. The molecule has 2 heterocycles. The third-order valence-electron chi connectivity index (χ3n) is 6.37.